The van der Waals surface area contributed by atoms with Crippen LogP contribution in [0.5, 0.6) is 5.75 Å². The highest BCUT2D eigenvalue weighted by Gasteiger charge is 2.63. The normalized spacial score (nSPS) is 13.3. The lowest BCUT2D eigenvalue weighted by Gasteiger charge is -2.24. The second-order valence-corrected chi connectivity index (χ2v) is 10.3. The first kappa shape index (κ1) is 36.7. The van der Waals surface area contributed by atoms with Crippen molar-refractivity contribution in [1.82, 2.24) is 9.97 Å². The van der Waals surface area contributed by atoms with E-state index < -0.39 is 31.2 Å². The molecule has 0 saturated heterocycles. The molecule has 0 spiro atoms. The third kappa shape index (κ3) is 14.7. The standard InChI is InChI=1S/C30H40F8N2O3/c1-2-3-4-8-12-25(31)13-10-19-42-26-20-39-27(40-21-26)24-16-14-23(15-17-24)11-7-5-6-9-18-41-22-28(32,33)43-30(37,38)29(34,35)36/h14-17,20-21,25H,2-13,18-19,22H2,1H3/t25-/m1/s1. The van der Waals surface area contributed by atoms with E-state index in [0.29, 0.717) is 50.3 Å². The van der Waals surface area contributed by atoms with E-state index in [0.717, 1.165) is 56.1 Å². The lowest BCUT2D eigenvalue weighted by atomic mass is 10.0. The van der Waals surface area contributed by atoms with E-state index >= 15 is 0 Å². The maximum Gasteiger partial charge on any atom is 0.483 e. The van der Waals surface area contributed by atoms with Gasteiger partial charge in [-0.25, -0.2) is 19.1 Å². The van der Waals surface area contributed by atoms with Crippen molar-refractivity contribution in [3.8, 4) is 17.1 Å². The minimum atomic E-state index is -6.25. The molecule has 1 atom stereocenters. The van der Waals surface area contributed by atoms with Gasteiger partial charge >= 0.3 is 18.4 Å². The van der Waals surface area contributed by atoms with Crippen LogP contribution in [-0.4, -0.2) is 54.4 Å². The van der Waals surface area contributed by atoms with Crippen molar-refractivity contribution in [1.29, 1.82) is 0 Å². The van der Waals surface area contributed by atoms with Gasteiger partial charge in [-0.2, -0.15) is 30.7 Å². The van der Waals surface area contributed by atoms with E-state index in [-0.39, 0.29) is 6.61 Å². The van der Waals surface area contributed by atoms with Crippen LogP contribution in [0.15, 0.2) is 36.7 Å². The number of alkyl halides is 8. The summed E-state index contributed by atoms with van der Waals surface area (Å²) in [6.07, 6.45) is -5.43. The Morgan fingerprint density at radius 1 is 0.744 bits per heavy atom. The maximum atomic E-state index is 13.9. The van der Waals surface area contributed by atoms with Crippen molar-refractivity contribution < 1.29 is 49.3 Å². The van der Waals surface area contributed by atoms with E-state index in [1.54, 1.807) is 12.4 Å². The van der Waals surface area contributed by atoms with Gasteiger partial charge in [0.05, 0.1) is 19.0 Å². The smallest absolute Gasteiger partial charge is 0.483 e. The summed E-state index contributed by atoms with van der Waals surface area (Å²) in [7, 11) is 0. The number of aryl methyl sites for hydroxylation is 1. The number of halogens is 8. The van der Waals surface area contributed by atoms with E-state index in [1.807, 2.05) is 24.3 Å². The molecule has 0 bridgehead atoms. The van der Waals surface area contributed by atoms with Crippen LogP contribution in [-0.2, 0) is 15.9 Å². The van der Waals surface area contributed by atoms with Gasteiger partial charge in [-0.15, -0.1) is 0 Å². The van der Waals surface area contributed by atoms with Gasteiger partial charge in [0.15, 0.2) is 11.6 Å². The Kier molecular flexibility index (Phi) is 15.6. The molecule has 0 unspecified atom stereocenters. The van der Waals surface area contributed by atoms with Gasteiger partial charge < -0.3 is 9.47 Å². The van der Waals surface area contributed by atoms with Crippen LogP contribution in [0, 0.1) is 0 Å². The Morgan fingerprint density at radius 2 is 1.37 bits per heavy atom. The molecule has 1 aromatic carbocycles. The fourth-order valence-corrected chi connectivity index (χ4v) is 4.14. The summed E-state index contributed by atoms with van der Waals surface area (Å²) in [5.41, 5.74) is 1.89. The van der Waals surface area contributed by atoms with E-state index in [2.05, 4.69) is 26.4 Å². The monoisotopic (exact) mass is 628 g/mol. The number of hydrogen-bond acceptors (Lipinski definition) is 5. The second kappa shape index (κ2) is 18.3. The minimum absolute atomic E-state index is 0.230. The molecule has 0 radical (unpaired) electrons. The number of hydrogen-bond donors (Lipinski definition) is 0. The highest BCUT2D eigenvalue weighted by molar-refractivity contribution is 5.55. The lowest BCUT2D eigenvalue weighted by Crippen LogP contribution is -2.46. The molecule has 13 heteroatoms. The average molecular weight is 629 g/mol. The van der Waals surface area contributed by atoms with Crippen LogP contribution < -0.4 is 4.74 Å². The molecule has 0 N–H and O–H groups in total. The molecule has 0 aliphatic heterocycles. The van der Waals surface area contributed by atoms with Crippen molar-refractivity contribution >= 4 is 0 Å². The fourth-order valence-electron chi connectivity index (χ4n) is 4.14. The second-order valence-electron chi connectivity index (χ2n) is 10.3. The molecule has 0 aliphatic rings. The van der Waals surface area contributed by atoms with Crippen molar-refractivity contribution in [3.05, 3.63) is 42.2 Å². The highest BCUT2D eigenvalue weighted by Crippen LogP contribution is 2.40. The van der Waals surface area contributed by atoms with E-state index in [1.165, 1.54) is 0 Å². The first-order chi connectivity index (χ1) is 20.3. The predicted molar refractivity (Wildman–Crippen MR) is 146 cm³/mol. The zero-order valence-electron chi connectivity index (χ0n) is 24.3. The molecule has 0 aliphatic carbocycles. The molecule has 1 heterocycles. The third-order valence-corrected chi connectivity index (χ3v) is 6.52. The van der Waals surface area contributed by atoms with Gasteiger partial charge in [0, 0.05) is 12.2 Å². The summed E-state index contributed by atoms with van der Waals surface area (Å²) >= 11 is 0. The number of nitrogens with zero attached hydrogens (tertiary/aromatic N) is 2. The highest BCUT2D eigenvalue weighted by atomic mass is 19.4. The molecular weight excluding hydrogens is 588 g/mol. The van der Waals surface area contributed by atoms with Crippen LogP contribution in [0.1, 0.15) is 83.1 Å². The van der Waals surface area contributed by atoms with Gasteiger partial charge in [0.25, 0.3) is 0 Å². The summed E-state index contributed by atoms with van der Waals surface area (Å²) in [6.45, 7) is 0.596. The van der Waals surface area contributed by atoms with Gasteiger partial charge in [-0.1, -0.05) is 69.7 Å². The SMILES string of the molecule is CCCCCC[C@@H](F)CCCOc1cnc(-c2ccc(CCCCCCOCC(F)(F)OC(F)(F)C(F)(F)F)cc2)nc1. The number of aromatic nitrogens is 2. The Balaban J connectivity index is 1.59. The molecule has 0 saturated carbocycles. The summed E-state index contributed by atoms with van der Waals surface area (Å²) < 4.78 is 114. The molecule has 1 aromatic heterocycles. The zero-order chi connectivity index (χ0) is 31.8. The number of ether oxygens (including phenoxy) is 3. The summed E-state index contributed by atoms with van der Waals surface area (Å²) in [4.78, 5) is 8.68. The third-order valence-electron chi connectivity index (χ3n) is 6.52. The average Bonchev–Trinajstić information content (AvgIpc) is 2.94. The molecule has 43 heavy (non-hydrogen) atoms. The summed E-state index contributed by atoms with van der Waals surface area (Å²) in [5.74, 6) is 1.06. The molecule has 244 valence electrons. The summed E-state index contributed by atoms with van der Waals surface area (Å²) in [5, 5.41) is 0. The minimum Gasteiger partial charge on any atom is -0.490 e. The molecular formula is C30H40F8N2O3. The Bertz CT molecular complexity index is 1020. The van der Waals surface area contributed by atoms with Crippen molar-refractivity contribution in [3.63, 3.8) is 0 Å². The first-order valence-corrected chi connectivity index (χ1v) is 14.6. The van der Waals surface area contributed by atoms with Gasteiger partial charge in [0.1, 0.15) is 12.8 Å². The van der Waals surface area contributed by atoms with Gasteiger partial charge in [-0.3, -0.25) is 0 Å². The van der Waals surface area contributed by atoms with Crippen molar-refractivity contribution in [2.75, 3.05) is 19.8 Å². The number of benzene rings is 1. The van der Waals surface area contributed by atoms with Gasteiger partial charge in [-0.05, 0) is 44.1 Å². The molecule has 2 rings (SSSR count). The Hall–Kier alpha value is -2.54. The fraction of sp³-hybridized carbons (Fsp3) is 0.667. The molecule has 2 aromatic rings. The van der Waals surface area contributed by atoms with Crippen molar-refractivity contribution in [2.45, 2.75) is 109 Å². The first-order valence-electron chi connectivity index (χ1n) is 14.6. The molecule has 0 fully saturated rings. The topological polar surface area (TPSA) is 53.5 Å². The van der Waals surface area contributed by atoms with E-state index in [9.17, 15) is 35.1 Å². The zero-order valence-corrected chi connectivity index (χ0v) is 24.3. The lowest BCUT2D eigenvalue weighted by molar-refractivity contribution is -0.460. The molecule has 5 nitrogen and oxygen atoms in total. The summed E-state index contributed by atoms with van der Waals surface area (Å²) in [6, 6.07) is 7.68. The van der Waals surface area contributed by atoms with Crippen LogP contribution in [0.3, 0.4) is 0 Å². The van der Waals surface area contributed by atoms with Crippen LogP contribution in [0.2, 0.25) is 0 Å². The van der Waals surface area contributed by atoms with Crippen LogP contribution in [0.4, 0.5) is 35.1 Å². The van der Waals surface area contributed by atoms with Crippen LogP contribution in [0.25, 0.3) is 11.4 Å². The van der Waals surface area contributed by atoms with E-state index in [4.69, 9.17) is 4.74 Å². The van der Waals surface area contributed by atoms with Crippen molar-refractivity contribution in [2.24, 2.45) is 0 Å². The number of unbranched alkanes of at least 4 members (excludes halogenated alkanes) is 6. The number of rotatable bonds is 22. The predicted octanol–water partition coefficient (Wildman–Crippen LogP) is 9.50. The van der Waals surface area contributed by atoms with Gasteiger partial charge in [0.2, 0.25) is 0 Å². The molecule has 0 amide bonds. The Labute approximate surface area is 247 Å². The largest absolute Gasteiger partial charge is 0.490 e. The Morgan fingerprint density at radius 3 is 2.02 bits per heavy atom. The van der Waals surface area contributed by atoms with Crippen LogP contribution >= 0.6 is 0 Å². The maximum absolute atomic E-state index is 13.9. The quantitative estimate of drug-likeness (QED) is 0.0961.